The zero-order valence-corrected chi connectivity index (χ0v) is 14.4. The average Bonchev–Trinajstić information content (AvgIpc) is 2.47. The smallest absolute Gasteiger partial charge is 0.320 e. The van der Waals surface area contributed by atoms with Crippen molar-refractivity contribution in [2.75, 3.05) is 0 Å². The Kier molecular flexibility index (Phi) is 11.9. The molecule has 2 N–H and O–H groups in total. The number of aliphatic carboxylic acids is 2. The monoisotopic (exact) mass is 314 g/mol. The van der Waals surface area contributed by atoms with E-state index in [4.69, 9.17) is 10.2 Å². The normalized spacial score (nSPS) is 11.5. The number of hydrogen-bond acceptors (Lipinski definition) is 2. The van der Waals surface area contributed by atoms with E-state index in [2.05, 4.69) is 6.92 Å². The first-order chi connectivity index (χ1) is 10.4. The van der Waals surface area contributed by atoms with Gasteiger partial charge in [0, 0.05) is 0 Å². The molecule has 4 heteroatoms. The van der Waals surface area contributed by atoms with Crippen molar-refractivity contribution in [3.8, 4) is 0 Å². The molecule has 0 rings (SSSR count). The third-order valence-corrected chi connectivity index (χ3v) is 4.47. The zero-order valence-electron chi connectivity index (χ0n) is 14.4. The lowest BCUT2D eigenvalue weighted by Gasteiger charge is -2.19. The minimum Gasteiger partial charge on any atom is -0.480 e. The number of carboxylic acids is 2. The predicted octanol–water partition coefficient (Wildman–Crippen LogP) is 5.25. The van der Waals surface area contributed by atoms with Crippen LogP contribution in [0.15, 0.2) is 0 Å². The van der Waals surface area contributed by atoms with Crippen LogP contribution in [0.25, 0.3) is 0 Å². The van der Waals surface area contributed by atoms with Crippen LogP contribution in [0.1, 0.15) is 97.3 Å². The van der Waals surface area contributed by atoms with Gasteiger partial charge in [0.15, 0.2) is 5.41 Å². The maximum Gasteiger partial charge on any atom is 0.320 e. The van der Waals surface area contributed by atoms with Crippen molar-refractivity contribution >= 4 is 11.9 Å². The predicted molar refractivity (Wildman–Crippen MR) is 89.1 cm³/mol. The topological polar surface area (TPSA) is 74.6 Å². The van der Waals surface area contributed by atoms with E-state index in [-0.39, 0.29) is 6.42 Å². The fourth-order valence-electron chi connectivity index (χ4n) is 2.62. The summed E-state index contributed by atoms with van der Waals surface area (Å²) in [7, 11) is 0. The van der Waals surface area contributed by atoms with Crippen molar-refractivity contribution in [3.63, 3.8) is 0 Å². The second kappa shape index (κ2) is 12.5. The highest BCUT2D eigenvalue weighted by Gasteiger charge is 2.40. The molecule has 0 saturated heterocycles. The summed E-state index contributed by atoms with van der Waals surface area (Å²) in [5.74, 6) is -2.47. The van der Waals surface area contributed by atoms with Crippen molar-refractivity contribution in [2.45, 2.75) is 97.3 Å². The molecule has 0 atom stereocenters. The maximum absolute atomic E-state index is 11.0. The lowest BCUT2D eigenvalue weighted by Crippen LogP contribution is -2.36. The van der Waals surface area contributed by atoms with Gasteiger partial charge < -0.3 is 10.2 Å². The Bertz CT molecular complexity index is 298. The Labute approximate surface area is 135 Å². The Morgan fingerprint density at radius 3 is 1.32 bits per heavy atom. The maximum atomic E-state index is 11.0. The minimum absolute atomic E-state index is 0.217. The Hall–Kier alpha value is -1.06. The van der Waals surface area contributed by atoms with Gasteiger partial charge in [0.25, 0.3) is 0 Å². The molecule has 0 unspecified atom stereocenters. The molecule has 0 spiro atoms. The molecular weight excluding hydrogens is 280 g/mol. The molecule has 0 amide bonds. The third-order valence-electron chi connectivity index (χ3n) is 4.47. The van der Waals surface area contributed by atoms with Gasteiger partial charge in [0.1, 0.15) is 0 Å². The first-order valence-electron chi connectivity index (χ1n) is 8.92. The van der Waals surface area contributed by atoms with Crippen LogP contribution in [-0.4, -0.2) is 22.2 Å². The number of unbranched alkanes of at least 4 members (excludes halogenated alkanes) is 11. The van der Waals surface area contributed by atoms with E-state index in [1.165, 1.54) is 64.7 Å². The molecular formula is C18H34O4. The van der Waals surface area contributed by atoms with Crippen molar-refractivity contribution in [1.29, 1.82) is 0 Å². The van der Waals surface area contributed by atoms with Crippen LogP contribution in [0.2, 0.25) is 0 Å². The Balaban J connectivity index is 3.47. The van der Waals surface area contributed by atoms with Crippen molar-refractivity contribution in [2.24, 2.45) is 5.41 Å². The molecule has 0 bridgehead atoms. The summed E-state index contributed by atoms with van der Waals surface area (Å²) >= 11 is 0. The van der Waals surface area contributed by atoms with Gasteiger partial charge in [0.05, 0.1) is 0 Å². The van der Waals surface area contributed by atoms with Crippen LogP contribution < -0.4 is 0 Å². The van der Waals surface area contributed by atoms with Gasteiger partial charge in [-0.05, 0) is 13.3 Å². The van der Waals surface area contributed by atoms with E-state index in [1.807, 2.05) is 0 Å². The molecule has 0 aromatic heterocycles. The summed E-state index contributed by atoms with van der Waals surface area (Å²) in [5.41, 5.74) is -1.63. The lowest BCUT2D eigenvalue weighted by molar-refractivity contribution is -0.163. The van der Waals surface area contributed by atoms with Crippen molar-refractivity contribution < 1.29 is 19.8 Å². The summed E-state index contributed by atoms with van der Waals surface area (Å²) < 4.78 is 0. The van der Waals surface area contributed by atoms with E-state index in [0.29, 0.717) is 6.42 Å². The molecule has 0 heterocycles. The van der Waals surface area contributed by atoms with Gasteiger partial charge in [-0.15, -0.1) is 0 Å². The first-order valence-corrected chi connectivity index (χ1v) is 8.92. The Morgan fingerprint density at radius 1 is 0.682 bits per heavy atom. The summed E-state index contributed by atoms with van der Waals surface area (Å²) in [6, 6.07) is 0. The third kappa shape index (κ3) is 9.06. The number of hydrogen-bond donors (Lipinski definition) is 2. The number of carbonyl (C=O) groups is 2. The van der Waals surface area contributed by atoms with Gasteiger partial charge in [-0.3, -0.25) is 9.59 Å². The van der Waals surface area contributed by atoms with Crippen LogP contribution in [0.5, 0.6) is 0 Å². The molecule has 0 saturated carbocycles. The van der Waals surface area contributed by atoms with Crippen LogP contribution in [-0.2, 0) is 9.59 Å². The van der Waals surface area contributed by atoms with E-state index in [1.54, 1.807) is 0 Å². The number of carboxylic acid groups (broad SMARTS) is 2. The largest absolute Gasteiger partial charge is 0.480 e. The van der Waals surface area contributed by atoms with Crippen molar-refractivity contribution in [1.82, 2.24) is 0 Å². The highest BCUT2D eigenvalue weighted by Crippen LogP contribution is 2.25. The van der Waals surface area contributed by atoms with Crippen LogP contribution in [0, 0.1) is 5.41 Å². The SMILES string of the molecule is CCCCCCCCCCCCCCC(C)(C(=O)O)C(=O)O. The van der Waals surface area contributed by atoms with Gasteiger partial charge in [-0.2, -0.15) is 0 Å². The highest BCUT2D eigenvalue weighted by molar-refractivity contribution is 5.97. The second-order valence-corrected chi connectivity index (χ2v) is 6.58. The van der Waals surface area contributed by atoms with Gasteiger partial charge >= 0.3 is 11.9 Å². The molecule has 4 nitrogen and oxygen atoms in total. The van der Waals surface area contributed by atoms with E-state index in [9.17, 15) is 9.59 Å². The van der Waals surface area contributed by atoms with Crippen LogP contribution in [0.3, 0.4) is 0 Å². The van der Waals surface area contributed by atoms with Crippen molar-refractivity contribution in [3.05, 3.63) is 0 Å². The Morgan fingerprint density at radius 2 is 1.00 bits per heavy atom. The molecule has 0 aromatic rings. The van der Waals surface area contributed by atoms with E-state index >= 15 is 0 Å². The van der Waals surface area contributed by atoms with Crippen LogP contribution in [0.4, 0.5) is 0 Å². The molecule has 130 valence electrons. The summed E-state index contributed by atoms with van der Waals surface area (Å²) in [4.78, 5) is 22.0. The molecule has 0 aliphatic carbocycles. The zero-order chi connectivity index (χ0) is 16.8. The fraction of sp³-hybridized carbons (Fsp3) is 0.889. The summed E-state index contributed by atoms with van der Waals surface area (Å²) in [5, 5.41) is 18.0. The standard InChI is InChI=1S/C18H34O4/c1-3-4-5-6-7-8-9-10-11-12-13-14-15-18(2,16(19)20)17(21)22/h3-15H2,1-2H3,(H,19,20)(H,21,22). The molecule has 0 fully saturated rings. The second-order valence-electron chi connectivity index (χ2n) is 6.58. The molecule has 22 heavy (non-hydrogen) atoms. The van der Waals surface area contributed by atoms with E-state index < -0.39 is 17.4 Å². The van der Waals surface area contributed by atoms with Gasteiger partial charge in [0.2, 0.25) is 0 Å². The average molecular weight is 314 g/mol. The molecule has 0 aliphatic rings. The van der Waals surface area contributed by atoms with Gasteiger partial charge in [-0.25, -0.2) is 0 Å². The highest BCUT2D eigenvalue weighted by atomic mass is 16.4. The first kappa shape index (κ1) is 20.9. The summed E-state index contributed by atoms with van der Waals surface area (Å²) in [6.07, 6.45) is 14.6. The van der Waals surface area contributed by atoms with Crippen LogP contribution >= 0.6 is 0 Å². The molecule has 0 aromatic carbocycles. The fourth-order valence-corrected chi connectivity index (χ4v) is 2.62. The van der Waals surface area contributed by atoms with Gasteiger partial charge in [-0.1, -0.05) is 84.0 Å². The summed E-state index contributed by atoms with van der Waals surface area (Å²) in [6.45, 7) is 3.53. The number of rotatable bonds is 15. The lowest BCUT2D eigenvalue weighted by atomic mass is 9.85. The molecule has 0 aliphatic heterocycles. The quantitative estimate of drug-likeness (QED) is 0.319. The van der Waals surface area contributed by atoms with E-state index in [0.717, 1.165) is 12.8 Å². The molecule has 0 radical (unpaired) electrons. The minimum atomic E-state index is -1.63.